The zero-order chi connectivity index (χ0) is 30.0. The molecule has 0 spiro atoms. The number of benzene rings is 3. The molecule has 0 unspecified atom stereocenters. The van der Waals surface area contributed by atoms with Gasteiger partial charge >= 0.3 is 0 Å². The van der Waals surface area contributed by atoms with Crippen LogP contribution in [0.3, 0.4) is 0 Å². The predicted molar refractivity (Wildman–Crippen MR) is 159 cm³/mol. The molecule has 0 aliphatic carbocycles. The zero-order valence-electron chi connectivity index (χ0n) is 24.2. The van der Waals surface area contributed by atoms with Gasteiger partial charge in [-0.2, -0.15) is 0 Å². The monoisotopic (exact) mass is 581 g/mol. The maximum atomic E-state index is 14.1. The molecule has 0 aliphatic heterocycles. The van der Waals surface area contributed by atoms with Crippen molar-refractivity contribution in [2.75, 3.05) is 25.1 Å². The summed E-state index contributed by atoms with van der Waals surface area (Å²) in [5, 5.41) is 2.97. The van der Waals surface area contributed by atoms with E-state index in [2.05, 4.69) is 5.32 Å². The summed E-state index contributed by atoms with van der Waals surface area (Å²) in [6.45, 7) is 5.27. The molecule has 220 valence electrons. The molecule has 0 aromatic heterocycles. The molecule has 2 amide bonds. The van der Waals surface area contributed by atoms with Crippen molar-refractivity contribution in [1.82, 2.24) is 10.2 Å². The average molecular weight is 582 g/mol. The first-order valence-corrected chi connectivity index (χ1v) is 15.0. The Labute approximate surface area is 243 Å². The van der Waals surface area contributed by atoms with Crippen molar-refractivity contribution in [2.24, 2.45) is 0 Å². The van der Waals surface area contributed by atoms with Crippen molar-refractivity contribution >= 4 is 27.5 Å². The van der Waals surface area contributed by atoms with Crippen LogP contribution in [0, 0.1) is 0 Å². The van der Waals surface area contributed by atoms with Crippen LogP contribution in [0.5, 0.6) is 11.5 Å². The van der Waals surface area contributed by atoms with Crippen LogP contribution < -0.4 is 19.1 Å². The standard InChI is InChI=1S/C31H39N3O6S/c1-6-23(3)32-31(36)29(7-2)33(21-24-12-11-13-27(20-24)40-5)30(35)22-34(25-16-18-26(39-4)19-17-25)41(37,38)28-14-9-8-10-15-28/h8-20,23,29H,6-7,21-22H2,1-5H3,(H,32,36)/t23-,29-/m0/s1. The van der Waals surface area contributed by atoms with Crippen molar-refractivity contribution in [3.05, 3.63) is 84.4 Å². The van der Waals surface area contributed by atoms with Crippen LogP contribution in [0.15, 0.2) is 83.8 Å². The van der Waals surface area contributed by atoms with Gasteiger partial charge in [0.15, 0.2) is 0 Å². The highest BCUT2D eigenvalue weighted by Crippen LogP contribution is 2.27. The van der Waals surface area contributed by atoms with Gasteiger partial charge in [0.25, 0.3) is 10.0 Å². The minimum atomic E-state index is -4.14. The van der Waals surface area contributed by atoms with Gasteiger partial charge < -0.3 is 19.7 Å². The number of carbonyl (C=O) groups excluding carboxylic acids is 2. The van der Waals surface area contributed by atoms with E-state index in [-0.39, 0.29) is 23.4 Å². The largest absolute Gasteiger partial charge is 0.497 e. The Hall–Kier alpha value is -4.05. The van der Waals surface area contributed by atoms with Crippen LogP contribution in [0.1, 0.15) is 39.2 Å². The Kier molecular flexibility index (Phi) is 11.2. The summed E-state index contributed by atoms with van der Waals surface area (Å²) in [6.07, 6.45) is 1.07. The Morgan fingerprint density at radius 1 is 0.854 bits per heavy atom. The van der Waals surface area contributed by atoms with Gasteiger partial charge in [-0.25, -0.2) is 8.42 Å². The first-order valence-electron chi connectivity index (χ1n) is 13.6. The minimum Gasteiger partial charge on any atom is -0.497 e. The Balaban J connectivity index is 2.06. The molecule has 0 radical (unpaired) electrons. The molecule has 0 fully saturated rings. The number of nitrogens with zero attached hydrogens (tertiary/aromatic N) is 2. The summed E-state index contributed by atoms with van der Waals surface area (Å²) in [6, 6.07) is 20.7. The lowest BCUT2D eigenvalue weighted by Crippen LogP contribution is -2.53. The third-order valence-corrected chi connectivity index (χ3v) is 8.63. The van der Waals surface area contributed by atoms with E-state index >= 15 is 0 Å². The third kappa shape index (κ3) is 8.00. The second-order valence-electron chi connectivity index (χ2n) is 9.64. The van der Waals surface area contributed by atoms with Gasteiger partial charge in [0.1, 0.15) is 24.1 Å². The Morgan fingerprint density at radius 2 is 1.51 bits per heavy atom. The van der Waals surface area contributed by atoms with Crippen LogP contribution in [0.4, 0.5) is 5.69 Å². The van der Waals surface area contributed by atoms with Gasteiger partial charge in [-0.3, -0.25) is 13.9 Å². The van der Waals surface area contributed by atoms with E-state index in [1.165, 1.54) is 24.1 Å². The second kappa shape index (κ2) is 14.5. The first kappa shape index (κ1) is 31.5. The van der Waals surface area contributed by atoms with Crippen molar-refractivity contribution in [2.45, 2.75) is 57.1 Å². The smallest absolute Gasteiger partial charge is 0.264 e. The minimum absolute atomic E-state index is 0.0459. The molecule has 9 nitrogen and oxygen atoms in total. The lowest BCUT2D eigenvalue weighted by Gasteiger charge is -2.33. The molecule has 3 aromatic rings. The van der Waals surface area contributed by atoms with E-state index in [1.807, 2.05) is 26.8 Å². The van der Waals surface area contributed by atoms with Crippen LogP contribution in [0.2, 0.25) is 0 Å². The van der Waals surface area contributed by atoms with Crippen LogP contribution in [-0.2, 0) is 26.2 Å². The summed E-state index contributed by atoms with van der Waals surface area (Å²) >= 11 is 0. The number of methoxy groups -OCH3 is 2. The third-order valence-electron chi connectivity index (χ3n) is 6.84. The number of nitrogens with one attached hydrogen (secondary N) is 1. The summed E-state index contributed by atoms with van der Waals surface area (Å²) in [5.74, 6) is 0.345. The molecule has 1 N–H and O–H groups in total. The highest BCUT2D eigenvalue weighted by atomic mass is 32.2. The van der Waals surface area contributed by atoms with Crippen LogP contribution in [-0.4, -0.2) is 58.0 Å². The lowest BCUT2D eigenvalue weighted by molar-refractivity contribution is -0.140. The molecule has 2 atom stereocenters. The molecule has 3 aromatic carbocycles. The molecule has 41 heavy (non-hydrogen) atoms. The van der Waals surface area contributed by atoms with Gasteiger partial charge in [-0.1, -0.05) is 44.2 Å². The van der Waals surface area contributed by atoms with E-state index in [0.717, 1.165) is 16.3 Å². The summed E-state index contributed by atoms with van der Waals surface area (Å²) in [5.41, 5.74) is 1.04. The number of hydrogen-bond acceptors (Lipinski definition) is 6. The van der Waals surface area contributed by atoms with Gasteiger partial charge in [-0.15, -0.1) is 0 Å². The van der Waals surface area contributed by atoms with E-state index in [4.69, 9.17) is 9.47 Å². The SMILES string of the molecule is CC[C@H](C)NC(=O)[C@H](CC)N(Cc1cccc(OC)c1)C(=O)CN(c1ccc(OC)cc1)S(=O)(=O)c1ccccc1. The van der Waals surface area contributed by atoms with E-state index < -0.39 is 28.5 Å². The number of sulfonamides is 1. The van der Waals surface area contributed by atoms with Gasteiger partial charge in [0.05, 0.1) is 24.8 Å². The quantitative estimate of drug-likeness (QED) is 0.298. The van der Waals surface area contributed by atoms with Crippen molar-refractivity contribution in [3.8, 4) is 11.5 Å². The van der Waals surface area contributed by atoms with Crippen molar-refractivity contribution in [1.29, 1.82) is 0 Å². The maximum Gasteiger partial charge on any atom is 0.264 e. The highest BCUT2D eigenvalue weighted by molar-refractivity contribution is 7.92. The van der Waals surface area contributed by atoms with Crippen molar-refractivity contribution < 1.29 is 27.5 Å². The summed E-state index contributed by atoms with van der Waals surface area (Å²) in [4.78, 5) is 29.0. The van der Waals surface area contributed by atoms with Crippen LogP contribution >= 0.6 is 0 Å². The number of carbonyl (C=O) groups is 2. The Morgan fingerprint density at radius 3 is 2.10 bits per heavy atom. The molecule has 0 saturated heterocycles. The lowest BCUT2D eigenvalue weighted by atomic mass is 10.1. The maximum absolute atomic E-state index is 14.1. The number of amides is 2. The van der Waals surface area contributed by atoms with Gasteiger partial charge in [0.2, 0.25) is 11.8 Å². The Bertz CT molecular complexity index is 1400. The summed E-state index contributed by atoms with van der Waals surface area (Å²) in [7, 11) is -1.07. The molecule has 3 rings (SSSR count). The predicted octanol–water partition coefficient (Wildman–Crippen LogP) is 4.62. The second-order valence-corrected chi connectivity index (χ2v) is 11.5. The molecule has 0 aliphatic rings. The first-order chi connectivity index (χ1) is 19.6. The molecule has 0 heterocycles. The fourth-order valence-electron chi connectivity index (χ4n) is 4.33. The number of hydrogen-bond donors (Lipinski definition) is 1. The van der Waals surface area contributed by atoms with E-state index in [9.17, 15) is 18.0 Å². The molecule has 0 bridgehead atoms. The normalized spacial score (nSPS) is 12.6. The molecular formula is C31H39N3O6S. The van der Waals surface area contributed by atoms with Gasteiger partial charge in [0, 0.05) is 12.6 Å². The van der Waals surface area contributed by atoms with E-state index in [1.54, 1.807) is 67.8 Å². The van der Waals surface area contributed by atoms with E-state index in [0.29, 0.717) is 23.6 Å². The van der Waals surface area contributed by atoms with Gasteiger partial charge in [-0.05, 0) is 73.9 Å². The fraction of sp³-hybridized carbons (Fsp3) is 0.355. The zero-order valence-corrected chi connectivity index (χ0v) is 25.1. The number of rotatable bonds is 14. The van der Waals surface area contributed by atoms with Crippen molar-refractivity contribution in [3.63, 3.8) is 0 Å². The molecular weight excluding hydrogens is 542 g/mol. The number of ether oxygens (including phenoxy) is 2. The fourth-order valence-corrected chi connectivity index (χ4v) is 5.76. The average Bonchev–Trinajstić information content (AvgIpc) is 3.00. The summed E-state index contributed by atoms with van der Waals surface area (Å²) < 4.78 is 39.4. The number of anilines is 1. The van der Waals surface area contributed by atoms with Crippen LogP contribution in [0.25, 0.3) is 0 Å². The topological polar surface area (TPSA) is 105 Å². The molecule has 0 saturated carbocycles. The molecule has 10 heteroatoms. The highest BCUT2D eigenvalue weighted by Gasteiger charge is 2.34.